The fourth-order valence-corrected chi connectivity index (χ4v) is 1.23. The average Bonchev–Trinajstić information content (AvgIpc) is 2.86. The normalized spacial score (nSPS) is 10.6. The number of imidazole rings is 2. The fraction of sp³-hybridized carbons (Fsp3) is 0.333. The minimum atomic E-state index is 0.828. The maximum Gasteiger partial charge on any atom is 0.0946 e. The Morgan fingerprint density at radius 2 is 2.43 bits per heavy atom. The van der Waals surface area contributed by atoms with E-state index < -0.39 is 0 Å². The van der Waals surface area contributed by atoms with Gasteiger partial charge >= 0.3 is 0 Å². The smallest absolute Gasteiger partial charge is 0.0946 e. The lowest BCUT2D eigenvalue weighted by atomic mass is 10.4. The maximum atomic E-state index is 3.97. The average molecular weight is 191 g/mol. The van der Waals surface area contributed by atoms with Crippen LogP contribution in [0.2, 0.25) is 0 Å². The highest BCUT2D eigenvalue weighted by molar-refractivity contribution is 4.92. The van der Waals surface area contributed by atoms with E-state index in [4.69, 9.17) is 0 Å². The predicted molar refractivity (Wildman–Crippen MR) is 52.5 cm³/mol. The van der Waals surface area contributed by atoms with Crippen molar-refractivity contribution >= 4 is 0 Å². The van der Waals surface area contributed by atoms with Crippen LogP contribution >= 0.6 is 0 Å². The molecule has 0 aliphatic rings. The van der Waals surface area contributed by atoms with E-state index in [1.54, 1.807) is 12.5 Å². The van der Waals surface area contributed by atoms with Crippen LogP contribution in [0.4, 0.5) is 0 Å². The van der Waals surface area contributed by atoms with E-state index in [1.165, 1.54) is 0 Å². The third kappa shape index (κ3) is 2.43. The van der Waals surface area contributed by atoms with Gasteiger partial charge in [-0.05, 0) is 0 Å². The Morgan fingerprint density at radius 1 is 1.43 bits per heavy atom. The Balaban J connectivity index is 1.65. The van der Waals surface area contributed by atoms with Gasteiger partial charge in [0.15, 0.2) is 0 Å². The molecule has 2 rings (SSSR count). The van der Waals surface area contributed by atoms with Crippen LogP contribution in [0.15, 0.2) is 31.2 Å². The second-order valence-corrected chi connectivity index (χ2v) is 3.05. The third-order valence-electron chi connectivity index (χ3n) is 1.98. The first-order valence-corrected chi connectivity index (χ1v) is 4.59. The van der Waals surface area contributed by atoms with Gasteiger partial charge in [-0.1, -0.05) is 0 Å². The lowest BCUT2D eigenvalue weighted by Gasteiger charge is -2.03. The van der Waals surface area contributed by atoms with Crippen LogP contribution in [0.25, 0.3) is 0 Å². The SMILES string of the molecule is c1cn(CCNCc2cnc[nH]2)cn1. The molecule has 74 valence electrons. The first kappa shape index (κ1) is 8.96. The van der Waals surface area contributed by atoms with Gasteiger partial charge in [0.2, 0.25) is 0 Å². The summed E-state index contributed by atoms with van der Waals surface area (Å²) < 4.78 is 2.04. The van der Waals surface area contributed by atoms with Crippen molar-refractivity contribution in [2.24, 2.45) is 0 Å². The monoisotopic (exact) mass is 191 g/mol. The highest BCUT2D eigenvalue weighted by Crippen LogP contribution is 1.89. The number of nitrogens with zero attached hydrogens (tertiary/aromatic N) is 3. The molecule has 2 heterocycles. The third-order valence-corrected chi connectivity index (χ3v) is 1.98. The van der Waals surface area contributed by atoms with Crippen molar-refractivity contribution in [1.82, 2.24) is 24.8 Å². The van der Waals surface area contributed by atoms with Crippen LogP contribution in [-0.2, 0) is 13.1 Å². The summed E-state index contributed by atoms with van der Waals surface area (Å²) >= 11 is 0. The molecule has 5 heteroatoms. The van der Waals surface area contributed by atoms with Crippen molar-refractivity contribution in [2.75, 3.05) is 6.54 Å². The molecule has 0 amide bonds. The molecule has 0 aromatic carbocycles. The van der Waals surface area contributed by atoms with Crippen LogP contribution in [0.3, 0.4) is 0 Å². The lowest BCUT2D eigenvalue weighted by Crippen LogP contribution is -2.19. The molecular weight excluding hydrogens is 178 g/mol. The number of hydrogen-bond donors (Lipinski definition) is 2. The molecule has 0 saturated heterocycles. The molecule has 0 aliphatic carbocycles. The van der Waals surface area contributed by atoms with Crippen LogP contribution in [0.5, 0.6) is 0 Å². The molecule has 2 aromatic rings. The second-order valence-electron chi connectivity index (χ2n) is 3.05. The van der Waals surface area contributed by atoms with Crippen LogP contribution in [-0.4, -0.2) is 26.1 Å². The van der Waals surface area contributed by atoms with Gasteiger partial charge in [0.25, 0.3) is 0 Å². The molecule has 0 bridgehead atoms. The van der Waals surface area contributed by atoms with Gasteiger partial charge in [-0.15, -0.1) is 0 Å². The summed E-state index contributed by atoms with van der Waals surface area (Å²) in [6.45, 7) is 2.69. The van der Waals surface area contributed by atoms with E-state index in [0.717, 1.165) is 25.3 Å². The van der Waals surface area contributed by atoms with E-state index in [9.17, 15) is 0 Å². The molecule has 2 N–H and O–H groups in total. The Kier molecular flexibility index (Phi) is 2.92. The van der Waals surface area contributed by atoms with E-state index in [1.807, 2.05) is 23.3 Å². The van der Waals surface area contributed by atoms with Crippen LogP contribution in [0, 0.1) is 0 Å². The molecule has 0 fully saturated rings. The molecule has 2 aromatic heterocycles. The molecular formula is C9H13N5. The zero-order chi connectivity index (χ0) is 9.64. The van der Waals surface area contributed by atoms with E-state index >= 15 is 0 Å². The van der Waals surface area contributed by atoms with Crippen LogP contribution in [0.1, 0.15) is 5.69 Å². The van der Waals surface area contributed by atoms with Crippen molar-refractivity contribution < 1.29 is 0 Å². The van der Waals surface area contributed by atoms with Gasteiger partial charge in [0.05, 0.1) is 12.7 Å². The van der Waals surface area contributed by atoms with Gasteiger partial charge in [-0.25, -0.2) is 9.97 Å². The minimum absolute atomic E-state index is 0.828. The van der Waals surface area contributed by atoms with E-state index in [2.05, 4.69) is 20.3 Å². The summed E-state index contributed by atoms with van der Waals surface area (Å²) in [6.07, 6.45) is 9.07. The Hall–Kier alpha value is -1.62. The van der Waals surface area contributed by atoms with Gasteiger partial charge in [0.1, 0.15) is 0 Å². The molecule has 0 saturated carbocycles. The maximum absolute atomic E-state index is 3.97. The highest BCUT2D eigenvalue weighted by atomic mass is 15.0. The fourth-order valence-electron chi connectivity index (χ4n) is 1.23. The van der Waals surface area contributed by atoms with Gasteiger partial charge < -0.3 is 14.9 Å². The molecule has 5 nitrogen and oxygen atoms in total. The van der Waals surface area contributed by atoms with Crippen molar-refractivity contribution in [3.63, 3.8) is 0 Å². The number of nitrogens with one attached hydrogen (secondary N) is 2. The number of aromatic amines is 1. The quantitative estimate of drug-likeness (QED) is 0.672. The Labute approximate surface area is 82.2 Å². The topological polar surface area (TPSA) is 58.5 Å². The number of hydrogen-bond acceptors (Lipinski definition) is 3. The summed E-state index contributed by atoms with van der Waals surface area (Å²) in [7, 11) is 0. The predicted octanol–water partition coefficient (Wildman–Crippen LogP) is 0.396. The Morgan fingerprint density at radius 3 is 3.14 bits per heavy atom. The summed E-state index contributed by atoms with van der Waals surface area (Å²) in [5, 5.41) is 3.31. The summed E-state index contributed by atoms with van der Waals surface area (Å²) in [6, 6.07) is 0. The van der Waals surface area contributed by atoms with E-state index in [-0.39, 0.29) is 0 Å². The van der Waals surface area contributed by atoms with Crippen molar-refractivity contribution in [2.45, 2.75) is 13.1 Å². The van der Waals surface area contributed by atoms with Gasteiger partial charge in [-0.3, -0.25) is 0 Å². The Bertz CT molecular complexity index is 301. The first-order valence-electron chi connectivity index (χ1n) is 4.59. The van der Waals surface area contributed by atoms with Crippen LogP contribution < -0.4 is 5.32 Å². The zero-order valence-electron chi connectivity index (χ0n) is 7.85. The van der Waals surface area contributed by atoms with Gasteiger partial charge in [-0.2, -0.15) is 0 Å². The van der Waals surface area contributed by atoms with E-state index in [0.29, 0.717) is 0 Å². The minimum Gasteiger partial charge on any atom is -0.347 e. The standard InChI is InChI=1S/C9H13N5/c1(3-14-4-2-11-8-14)10-5-9-6-12-7-13-9/h2,4,6-8,10H,1,3,5H2,(H,12,13). The van der Waals surface area contributed by atoms with Crippen molar-refractivity contribution in [3.05, 3.63) is 36.9 Å². The molecule has 0 radical (unpaired) electrons. The second kappa shape index (κ2) is 4.57. The lowest BCUT2D eigenvalue weighted by molar-refractivity contribution is 0.593. The molecule has 0 spiro atoms. The zero-order valence-corrected chi connectivity index (χ0v) is 7.85. The highest BCUT2D eigenvalue weighted by Gasteiger charge is 1.92. The number of aromatic nitrogens is 4. The first-order chi connectivity index (χ1) is 6.95. The number of rotatable bonds is 5. The number of H-pyrrole nitrogens is 1. The van der Waals surface area contributed by atoms with Crippen molar-refractivity contribution in [3.8, 4) is 0 Å². The summed E-state index contributed by atoms with van der Waals surface area (Å²) in [4.78, 5) is 10.9. The van der Waals surface area contributed by atoms with Gasteiger partial charge in [0, 0.05) is 43.9 Å². The molecule has 0 unspecified atom stereocenters. The summed E-state index contributed by atoms with van der Waals surface area (Å²) in [5.74, 6) is 0. The molecule has 0 aliphatic heterocycles. The van der Waals surface area contributed by atoms with Crippen molar-refractivity contribution in [1.29, 1.82) is 0 Å². The largest absolute Gasteiger partial charge is 0.347 e. The summed E-state index contributed by atoms with van der Waals surface area (Å²) in [5.41, 5.74) is 1.11. The molecule has 14 heavy (non-hydrogen) atoms. The molecule has 0 atom stereocenters.